The van der Waals surface area contributed by atoms with Crippen LogP contribution in [-0.2, 0) is 14.6 Å². The number of anilines is 1. The zero-order valence-electron chi connectivity index (χ0n) is 7.64. The molecule has 0 atom stereocenters. The number of hydrogen-bond donors (Lipinski definition) is 1. The van der Waals surface area contributed by atoms with E-state index in [0.29, 0.717) is 5.69 Å². The largest absolute Gasteiger partial charge is 0.449 e. The molecule has 0 aromatic heterocycles. The molecule has 0 amide bonds. The topological polar surface area (TPSA) is 78.6 Å². The van der Waals surface area contributed by atoms with E-state index >= 15 is 0 Å². The Labute approximate surface area is 82.8 Å². The highest BCUT2D eigenvalue weighted by atomic mass is 32.3. The first-order valence-corrected chi connectivity index (χ1v) is 5.31. The summed E-state index contributed by atoms with van der Waals surface area (Å²) in [6.07, 6.45) is 0. The van der Waals surface area contributed by atoms with Gasteiger partial charge in [0.15, 0.2) is 0 Å². The van der Waals surface area contributed by atoms with Crippen LogP contribution in [0.4, 0.5) is 5.69 Å². The van der Waals surface area contributed by atoms with E-state index in [-0.39, 0.29) is 12.4 Å². The second kappa shape index (κ2) is 4.30. The number of hydrogen-bond acceptors (Lipinski definition) is 5. The number of nitrogens with two attached hydrogens (primary N) is 1. The summed E-state index contributed by atoms with van der Waals surface area (Å²) in [7, 11) is -3.96. The molecular weight excluding hydrogens is 206 g/mol. The summed E-state index contributed by atoms with van der Waals surface area (Å²) < 4.78 is 31.0. The molecule has 78 valence electrons. The molecule has 0 bridgehead atoms. The van der Waals surface area contributed by atoms with Gasteiger partial charge in [0.2, 0.25) is 0 Å². The van der Waals surface area contributed by atoms with E-state index in [9.17, 15) is 8.42 Å². The normalized spacial score (nSPS) is 11.2. The Morgan fingerprint density at radius 3 is 2.71 bits per heavy atom. The minimum atomic E-state index is -3.96. The summed E-state index contributed by atoms with van der Waals surface area (Å²) in [4.78, 5) is 0. The zero-order valence-corrected chi connectivity index (χ0v) is 8.45. The standard InChI is InChI=1S/C8H11NO4S/c1-2-12-14(10,11)13-8-5-3-4-7(9)6-8/h3-6H,2,9H2,1H3. The fraction of sp³-hybridized carbons (Fsp3) is 0.250. The Balaban J connectivity index is 2.79. The maximum atomic E-state index is 11.0. The summed E-state index contributed by atoms with van der Waals surface area (Å²) in [6, 6.07) is 6.09. The van der Waals surface area contributed by atoms with Gasteiger partial charge in [0.25, 0.3) is 0 Å². The quantitative estimate of drug-likeness (QED) is 0.759. The van der Waals surface area contributed by atoms with Crippen molar-refractivity contribution >= 4 is 16.1 Å². The molecule has 0 unspecified atom stereocenters. The highest BCUT2D eigenvalue weighted by Crippen LogP contribution is 2.16. The van der Waals surface area contributed by atoms with Crippen molar-refractivity contribution in [3.05, 3.63) is 24.3 Å². The molecule has 1 aromatic rings. The van der Waals surface area contributed by atoms with Crippen molar-refractivity contribution in [2.75, 3.05) is 12.3 Å². The van der Waals surface area contributed by atoms with Crippen LogP contribution >= 0.6 is 0 Å². The lowest BCUT2D eigenvalue weighted by atomic mass is 10.3. The van der Waals surface area contributed by atoms with Crippen LogP contribution in [0.1, 0.15) is 6.92 Å². The van der Waals surface area contributed by atoms with E-state index in [0.717, 1.165) is 0 Å². The zero-order chi connectivity index (χ0) is 10.6. The lowest BCUT2D eigenvalue weighted by Crippen LogP contribution is -2.12. The Hall–Kier alpha value is -1.27. The third-order valence-electron chi connectivity index (χ3n) is 1.32. The second-order valence-corrected chi connectivity index (χ2v) is 3.69. The van der Waals surface area contributed by atoms with Crippen LogP contribution in [0.3, 0.4) is 0 Å². The van der Waals surface area contributed by atoms with Gasteiger partial charge < -0.3 is 9.92 Å². The predicted octanol–water partition coefficient (Wildman–Crippen LogP) is 0.929. The van der Waals surface area contributed by atoms with E-state index in [1.54, 1.807) is 19.1 Å². The SMILES string of the molecule is CCOS(=O)(=O)Oc1cccc(N)c1. The fourth-order valence-corrected chi connectivity index (χ4v) is 1.53. The van der Waals surface area contributed by atoms with Crippen molar-refractivity contribution < 1.29 is 16.8 Å². The molecule has 0 saturated carbocycles. The molecular formula is C8H11NO4S. The van der Waals surface area contributed by atoms with Gasteiger partial charge in [-0.2, -0.15) is 8.42 Å². The molecule has 0 saturated heterocycles. The average Bonchev–Trinajstić information content (AvgIpc) is 2.02. The maximum absolute atomic E-state index is 11.0. The number of nitrogen functional groups attached to an aromatic ring is 1. The van der Waals surface area contributed by atoms with Crippen LogP contribution in [0.15, 0.2) is 24.3 Å². The van der Waals surface area contributed by atoms with Crippen molar-refractivity contribution in [2.24, 2.45) is 0 Å². The Bertz CT molecular complexity index is 402. The van der Waals surface area contributed by atoms with Gasteiger partial charge in [-0.1, -0.05) is 6.07 Å². The Morgan fingerprint density at radius 1 is 1.43 bits per heavy atom. The summed E-state index contributed by atoms with van der Waals surface area (Å²) in [5.41, 5.74) is 5.86. The fourth-order valence-electron chi connectivity index (χ4n) is 0.853. The van der Waals surface area contributed by atoms with Crippen LogP contribution in [-0.4, -0.2) is 15.0 Å². The summed E-state index contributed by atoms with van der Waals surface area (Å²) in [5, 5.41) is 0. The van der Waals surface area contributed by atoms with Crippen LogP contribution in [0.5, 0.6) is 5.75 Å². The van der Waals surface area contributed by atoms with Crippen molar-refractivity contribution in [1.29, 1.82) is 0 Å². The van der Waals surface area contributed by atoms with Crippen LogP contribution in [0, 0.1) is 0 Å². The van der Waals surface area contributed by atoms with Crippen LogP contribution in [0.2, 0.25) is 0 Å². The molecule has 0 aliphatic heterocycles. The van der Waals surface area contributed by atoms with Gasteiger partial charge in [0, 0.05) is 11.8 Å². The van der Waals surface area contributed by atoms with E-state index in [1.165, 1.54) is 12.1 Å². The molecule has 1 rings (SSSR count). The summed E-state index contributed by atoms with van der Waals surface area (Å²) >= 11 is 0. The summed E-state index contributed by atoms with van der Waals surface area (Å²) in [6.45, 7) is 1.59. The first-order chi connectivity index (χ1) is 6.53. The molecule has 14 heavy (non-hydrogen) atoms. The molecule has 0 aliphatic rings. The van der Waals surface area contributed by atoms with Crippen LogP contribution in [0.25, 0.3) is 0 Å². The third-order valence-corrected chi connectivity index (χ3v) is 2.24. The van der Waals surface area contributed by atoms with Crippen LogP contribution < -0.4 is 9.92 Å². The van der Waals surface area contributed by atoms with Gasteiger partial charge in [0.05, 0.1) is 6.61 Å². The third kappa shape index (κ3) is 3.23. The number of rotatable bonds is 4. The van der Waals surface area contributed by atoms with E-state index < -0.39 is 10.4 Å². The van der Waals surface area contributed by atoms with E-state index in [1.807, 2.05) is 0 Å². The summed E-state index contributed by atoms with van der Waals surface area (Å²) in [5.74, 6) is 0.137. The first kappa shape index (κ1) is 10.8. The molecule has 1 aromatic carbocycles. The van der Waals surface area contributed by atoms with E-state index in [2.05, 4.69) is 8.37 Å². The molecule has 0 fully saturated rings. The minimum Gasteiger partial charge on any atom is -0.399 e. The predicted molar refractivity (Wildman–Crippen MR) is 52.0 cm³/mol. The van der Waals surface area contributed by atoms with Gasteiger partial charge in [-0.3, -0.25) is 0 Å². The number of benzene rings is 1. The molecule has 0 spiro atoms. The van der Waals surface area contributed by atoms with E-state index in [4.69, 9.17) is 5.73 Å². The minimum absolute atomic E-state index is 0.0324. The average molecular weight is 217 g/mol. The lowest BCUT2D eigenvalue weighted by molar-refractivity contribution is 0.288. The smallest absolute Gasteiger partial charge is 0.399 e. The molecule has 6 heteroatoms. The van der Waals surface area contributed by atoms with Crippen molar-refractivity contribution in [3.63, 3.8) is 0 Å². The van der Waals surface area contributed by atoms with Gasteiger partial charge in [-0.25, -0.2) is 4.18 Å². The van der Waals surface area contributed by atoms with Gasteiger partial charge in [0.1, 0.15) is 5.75 Å². The highest BCUT2D eigenvalue weighted by molar-refractivity contribution is 7.82. The molecule has 5 nitrogen and oxygen atoms in total. The van der Waals surface area contributed by atoms with Crippen molar-refractivity contribution in [2.45, 2.75) is 6.92 Å². The Morgan fingerprint density at radius 2 is 2.14 bits per heavy atom. The second-order valence-electron chi connectivity index (χ2n) is 2.47. The van der Waals surface area contributed by atoms with Gasteiger partial charge in [-0.15, -0.1) is 0 Å². The maximum Gasteiger partial charge on any atom is 0.449 e. The monoisotopic (exact) mass is 217 g/mol. The van der Waals surface area contributed by atoms with Crippen molar-refractivity contribution in [1.82, 2.24) is 0 Å². The van der Waals surface area contributed by atoms with Crippen molar-refractivity contribution in [3.8, 4) is 5.75 Å². The lowest BCUT2D eigenvalue weighted by Gasteiger charge is -2.05. The first-order valence-electron chi connectivity index (χ1n) is 3.98. The van der Waals surface area contributed by atoms with Gasteiger partial charge >= 0.3 is 10.4 Å². The molecule has 0 radical (unpaired) electrons. The molecule has 2 N–H and O–H groups in total. The van der Waals surface area contributed by atoms with Gasteiger partial charge in [-0.05, 0) is 19.1 Å². The molecule has 0 heterocycles. The Kier molecular flexibility index (Phi) is 3.32. The molecule has 0 aliphatic carbocycles. The highest BCUT2D eigenvalue weighted by Gasteiger charge is 2.11.